The lowest BCUT2D eigenvalue weighted by Crippen LogP contribution is -2.45. The van der Waals surface area contributed by atoms with Gasteiger partial charge in [0.05, 0.1) is 12.8 Å². The number of hydrogen-bond acceptors (Lipinski definition) is 4. The zero-order chi connectivity index (χ0) is 20.5. The highest BCUT2D eigenvalue weighted by molar-refractivity contribution is 5.76. The van der Waals surface area contributed by atoms with Crippen LogP contribution in [0.3, 0.4) is 0 Å². The van der Waals surface area contributed by atoms with Gasteiger partial charge in [0.2, 0.25) is 12.3 Å². The molecule has 0 bridgehead atoms. The number of likely N-dealkylation sites (tertiary alicyclic amines) is 1. The molecule has 0 aromatic heterocycles. The number of carbonyl (C=O) groups excluding carboxylic acids is 2. The Kier molecular flexibility index (Phi) is 9.19. The predicted molar refractivity (Wildman–Crippen MR) is 112 cm³/mol. The lowest BCUT2D eigenvalue weighted by Gasteiger charge is -2.30. The van der Waals surface area contributed by atoms with Crippen molar-refractivity contribution in [1.29, 1.82) is 0 Å². The molecule has 1 aliphatic heterocycles. The average molecular weight is 392 g/mol. The van der Waals surface area contributed by atoms with Crippen molar-refractivity contribution in [3.63, 3.8) is 0 Å². The first-order valence-corrected chi connectivity index (χ1v) is 10.6. The maximum absolute atomic E-state index is 12.8. The molecule has 2 N–H and O–H groups in total. The van der Waals surface area contributed by atoms with Gasteiger partial charge >= 0.3 is 0 Å². The van der Waals surface area contributed by atoms with Crippen LogP contribution in [0.1, 0.15) is 52.9 Å². The molecule has 1 saturated heterocycles. The Morgan fingerprint density at radius 3 is 2.86 bits per heavy atom. The van der Waals surface area contributed by atoms with E-state index in [1.165, 1.54) is 0 Å². The van der Waals surface area contributed by atoms with E-state index in [1.807, 2.05) is 18.9 Å². The highest BCUT2D eigenvalue weighted by atomic mass is 16.5. The Morgan fingerprint density at radius 1 is 1.46 bits per heavy atom. The summed E-state index contributed by atoms with van der Waals surface area (Å²) in [5.41, 5.74) is 1.12. The van der Waals surface area contributed by atoms with Crippen LogP contribution in [0, 0.1) is 11.8 Å². The van der Waals surface area contributed by atoms with Gasteiger partial charge in [-0.15, -0.1) is 0 Å². The number of nitrogens with zero attached hydrogens (tertiary/aromatic N) is 1. The molecule has 1 fully saturated rings. The van der Waals surface area contributed by atoms with E-state index in [-0.39, 0.29) is 30.0 Å². The van der Waals surface area contributed by atoms with Crippen molar-refractivity contribution < 1.29 is 14.3 Å². The van der Waals surface area contributed by atoms with E-state index >= 15 is 0 Å². The average Bonchev–Trinajstić information content (AvgIpc) is 3.16. The topological polar surface area (TPSA) is 70.7 Å². The molecule has 5 atom stereocenters. The van der Waals surface area contributed by atoms with Crippen LogP contribution in [-0.2, 0) is 14.3 Å². The molecular formula is C22H37N3O3. The van der Waals surface area contributed by atoms with E-state index in [4.69, 9.17) is 4.74 Å². The van der Waals surface area contributed by atoms with Crippen molar-refractivity contribution in [2.75, 3.05) is 20.3 Å². The summed E-state index contributed by atoms with van der Waals surface area (Å²) in [7, 11) is 1.85. The minimum atomic E-state index is -0.182. The van der Waals surface area contributed by atoms with E-state index in [9.17, 15) is 9.59 Å². The second-order valence-corrected chi connectivity index (χ2v) is 8.14. The Morgan fingerprint density at radius 2 is 2.25 bits per heavy atom. The largest absolute Gasteiger partial charge is 0.356 e. The van der Waals surface area contributed by atoms with Gasteiger partial charge in [-0.2, -0.15) is 0 Å². The third-order valence-corrected chi connectivity index (χ3v) is 5.91. The van der Waals surface area contributed by atoms with Crippen LogP contribution < -0.4 is 10.6 Å². The van der Waals surface area contributed by atoms with Crippen molar-refractivity contribution in [1.82, 2.24) is 15.5 Å². The Balaban J connectivity index is 1.97. The second-order valence-electron chi connectivity index (χ2n) is 8.14. The molecule has 2 amide bonds. The van der Waals surface area contributed by atoms with Crippen LogP contribution in [-0.4, -0.2) is 55.7 Å². The Labute approximate surface area is 169 Å². The molecule has 1 aliphatic carbocycles. The molecule has 0 aromatic carbocycles. The Hall–Kier alpha value is -1.66. The van der Waals surface area contributed by atoms with Gasteiger partial charge in [0, 0.05) is 19.0 Å². The SMILES string of the molecule is CCC(CC(=O)N[C@H](C)C(OCNC)C1=CCC(C)C=C1)C1CCCN1C=O. The Bertz CT molecular complexity index is 575. The summed E-state index contributed by atoms with van der Waals surface area (Å²) in [6.45, 7) is 7.52. The van der Waals surface area contributed by atoms with Gasteiger partial charge in [-0.25, -0.2) is 0 Å². The summed E-state index contributed by atoms with van der Waals surface area (Å²) in [5.74, 6) is 0.770. The number of rotatable bonds is 11. The lowest BCUT2D eigenvalue weighted by atomic mass is 9.90. The molecule has 2 aliphatic rings. The first kappa shape index (κ1) is 22.6. The number of ether oxygens (including phenoxy) is 1. The third kappa shape index (κ3) is 6.17. The molecule has 1 heterocycles. The van der Waals surface area contributed by atoms with Crippen LogP contribution in [0.15, 0.2) is 23.8 Å². The molecule has 0 radical (unpaired) electrons. The van der Waals surface area contributed by atoms with Crippen molar-refractivity contribution >= 4 is 12.3 Å². The normalized spacial score (nSPS) is 25.1. The molecule has 0 spiro atoms. The molecular weight excluding hydrogens is 354 g/mol. The number of allylic oxidation sites excluding steroid dienone is 2. The first-order chi connectivity index (χ1) is 13.5. The molecule has 6 nitrogen and oxygen atoms in total. The molecule has 0 aromatic rings. The van der Waals surface area contributed by atoms with E-state index < -0.39 is 0 Å². The molecule has 2 rings (SSSR count). The van der Waals surface area contributed by atoms with Crippen molar-refractivity contribution in [3.8, 4) is 0 Å². The lowest BCUT2D eigenvalue weighted by molar-refractivity contribution is -0.126. The minimum Gasteiger partial charge on any atom is -0.356 e. The van der Waals surface area contributed by atoms with E-state index in [2.05, 4.69) is 42.7 Å². The van der Waals surface area contributed by atoms with Gasteiger partial charge in [0.1, 0.15) is 6.10 Å². The monoisotopic (exact) mass is 391 g/mol. The fourth-order valence-corrected chi connectivity index (χ4v) is 4.29. The highest BCUT2D eigenvalue weighted by Crippen LogP contribution is 2.27. The first-order valence-electron chi connectivity index (χ1n) is 10.6. The maximum Gasteiger partial charge on any atom is 0.220 e. The summed E-state index contributed by atoms with van der Waals surface area (Å²) >= 11 is 0. The number of carbonyl (C=O) groups is 2. The van der Waals surface area contributed by atoms with Crippen molar-refractivity contribution in [2.45, 2.75) is 71.1 Å². The van der Waals surface area contributed by atoms with Crippen LogP contribution >= 0.6 is 0 Å². The van der Waals surface area contributed by atoms with E-state index in [0.29, 0.717) is 19.1 Å². The van der Waals surface area contributed by atoms with Crippen LogP contribution in [0.4, 0.5) is 0 Å². The summed E-state index contributed by atoms with van der Waals surface area (Å²) in [6, 6.07) is 0.0544. The highest BCUT2D eigenvalue weighted by Gasteiger charge is 2.32. The van der Waals surface area contributed by atoms with Gasteiger partial charge in [-0.1, -0.05) is 38.5 Å². The van der Waals surface area contributed by atoms with Gasteiger partial charge in [-0.3, -0.25) is 14.9 Å². The summed E-state index contributed by atoms with van der Waals surface area (Å²) in [5, 5.41) is 6.16. The smallest absolute Gasteiger partial charge is 0.220 e. The fraction of sp³-hybridized carbons (Fsp3) is 0.727. The number of hydrogen-bond donors (Lipinski definition) is 2. The quantitative estimate of drug-likeness (QED) is 0.420. The van der Waals surface area contributed by atoms with Crippen LogP contribution in [0.5, 0.6) is 0 Å². The number of nitrogens with one attached hydrogen (secondary N) is 2. The second kappa shape index (κ2) is 11.4. The minimum absolute atomic E-state index is 0.0314. The van der Waals surface area contributed by atoms with Crippen LogP contribution in [0.25, 0.3) is 0 Å². The standard InChI is InChI=1S/C22H37N3O3/c1-5-18(20-7-6-12-25(20)15-26)13-21(27)24-17(3)22(28-14-23-4)19-10-8-16(2)9-11-19/h8,10-11,15-18,20,22-23H,5-7,9,12-14H2,1-4H3,(H,24,27)/t16?,17-,18?,20?,22?/m1/s1. The van der Waals surface area contributed by atoms with Gasteiger partial charge in [0.25, 0.3) is 0 Å². The third-order valence-electron chi connectivity index (χ3n) is 5.91. The van der Waals surface area contributed by atoms with Gasteiger partial charge in [0.15, 0.2) is 0 Å². The molecule has 158 valence electrons. The van der Waals surface area contributed by atoms with E-state index in [1.54, 1.807) is 0 Å². The molecule has 4 unspecified atom stereocenters. The number of amides is 2. The van der Waals surface area contributed by atoms with Crippen molar-refractivity contribution in [2.24, 2.45) is 11.8 Å². The maximum atomic E-state index is 12.8. The molecule has 6 heteroatoms. The predicted octanol–water partition coefficient (Wildman–Crippen LogP) is 2.61. The summed E-state index contributed by atoms with van der Waals surface area (Å²) in [4.78, 5) is 25.9. The van der Waals surface area contributed by atoms with E-state index in [0.717, 1.165) is 44.2 Å². The summed E-state index contributed by atoms with van der Waals surface area (Å²) < 4.78 is 5.99. The zero-order valence-electron chi connectivity index (χ0n) is 17.8. The summed E-state index contributed by atoms with van der Waals surface area (Å²) in [6.07, 6.45) is 11.6. The van der Waals surface area contributed by atoms with Crippen molar-refractivity contribution in [3.05, 3.63) is 23.8 Å². The zero-order valence-corrected chi connectivity index (χ0v) is 17.8. The van der Waals surface area contributed by atoms with Gasteiger partial charge < -0.3 is 15.0 Å². The van der Waals surface area contributed by atoms with Crippen LogP contribution in [0.2, 0.25) is 0 Å². The fourth-order valence-electron chi connectivity index (χ4n) is 4.29. The molecule has 28 heavy (non-hydrogen) atoms. The van der Waals surface area contributed by atoms with Gasteiger partial charge in [-0.05, 0) is 50.6 Å². The molecule has 0 saturated carbocycles.